The van der Waals surface area contributed by atoms with Crippen molar-refractivity contribution < 1.29 is 9.59 Å². The van der Waals surface area contributed by atoms with Crippen LogP contribution in [-0.4, -0.2) is 57.8 Å². The van der Waals surface area contributed by atoms with Gasteiger partial charge >= 0.3 is 0 Å². The molecule has 3 N–H and O–H groups in total. The van der Waals surface area contributed by atoms with E-state index in [0.29, 0.717) is 49.8 Å². The largest absolute Gasteiger partial charge is 0.354 e. The number of pyridine rings is 1. The highest BCUT2D eigenvalue weighted by Gasteiger charge is 2.19. The fourth-order valence-electron chi connectivity index (χ4n) is 3.76. The zero-order valence-corrected chi connectivity index (χ0v) is 19.0. The van der Waals surface area contributed by atoms with Gasteiger partial charge in [0.15, 0.2) is 0 Å². The molecule has 4 rings (SSSR count). The summed E-state index contributed by atoms with van der Waals surface area (Å²) in [6, 6.07) is 13.5. The molecule has 1 aliphatic heterocycles. The number of benzene rings is 1. The SMILES string of the molecule is O=C(NCCCN1CCCC1=O)c1cnc(NCCc2cccnc2)nc1Nc1ccccc1. The van der Waals surface area contributed by atoms with Crippen molar-refractivity contribution in [3.8, 4) is 0 Å². The maximum atomic E-state index is 12.9. The van der Waals surface area contributed by atoms with Crippen molar-refractivity contribution in [2.45, 2.75) is 25.7 Å². The van der Waals surface area contributed by atoms with E-state index in [9.17, 15) is 9.59 Å². The molecule has 1 aromatic carbocycles. The van der Waals surface area contributed by atoms with Gasteiger partial charge in [-0.3, -0.25) is 14.6 Å². The predicted molar refractivity (Wildman–Crippen MR) is 131 cm³/mol. The minimum atomic E-state index is -0.256. The van der Waals surface area contributed by atoms with Gasteiger partial charge in [0.2, 0.25) is 11.9 Å². The first-order chi connectivity index (χ1) is 16.7. The molecule has 0 atom stereocenters. The lowest BCUT2D eigenvalue weighted by atomic mass is 10.2. The van der Waals surface area contributed by atoms with E-state index in [1.807, 2.05) is 53.6 Å². The Labute approximate surface area is 199 Å². The van der Waals surface area contributed by atoms with Crippen LogP contribution in [0.15, 0.2) is 61.1 Å². The van der Waals surface area contributed by atoms with Gasteiger partial charge in [-0.05, 0) is 43.0 Å². The van der Waals surface area contributed by atoms with E-state index >= 15 is 0 Å². The molecule has 0 aliphatic carbocycles. The van der Waals surface area contributed by atoms with Crippen molar-refractivity contribution in [2.75, 3.05) is 36.8 Å². The van der Waals surface area contributed by atoms with Crippen LogP contribution in [-0.2, 0) is 11.2 Å². The normalized spacial score (nSPS) is 13.1. The van der Waals surface area contributed by atoms with E-state index in [1.165, 1.54) is 6.20 Å². The summed E-state index contributed by atoms with van der Waals surface area (Å²) < 4.78 is 0. The molecule has 0 bridgehead atoms. The summed E-state index contributed by atoms with van der Waals surface area (Å²) in [5.41, 5.74) is 2.30. The van der Waals surface area contributed by atoms with Crippen LogP contribution in [0.5, 0.6) is 0 Å². The number of nitrogens with zero attached hydrogens (tertiary/aromatic N) is 4. The van der Waals surface area contributed by atoms with Crippen LogP contribution < -0.4 is 16.0 Å². The van der Waals surface area contributed by atoms with Gasteiger partial charge in [-0.2, -0.15) is 4.98 Å². The number of hydrogen-bond donors (Lipinski definition) is 3. The fraction of sp³-hybridized carbons (Fsp3) is 0.320. The topological polar surface area (TPSA) is 112 Å². The number of aromatic nitrogens is 3. The van der Waals surface area contributed by atoms with Gasteiger partial charge in [-0.25, -0.2) is 4.98 Å². The maximum Gasteiger partial charge on any atom is 0.256 e. The van der Waals surface area contributed by atoms with E-state index in [0.717, 1.165) is 30.6 Å². The Kier molecular flexibility index (Phi) is 7.99. The quantitative estimate of drug-likeness (QED) is 0.378. The summed E-state index contributed by atoms with van der Waals surface area (Å²) in [7, 11) is 0. The number of hydrogen-bond acceptors (Lipinski definition) is 7. The number of rotatable bonds is 11. The zero-order valence-electron chi connectivity index (χ0n) is 19.0. The smallest absolute Gasteiger partial charge is 0.256 e. The highest BCUT2D eigenvalue weighted by Crippen LogP contribution is 2.20. The Hall–Kier alpha value is -4.01. The van der Waals surface area contributed by atoms with Crippen molar-refractivity contribution in [3.63, 3.8) is 0 Å². The van der Waals surface area contributed by atoms with E-state index in [2.05, 4.69) is 30.9 Å². The monoisotopic (exact) mass is 459 g/mol. The fourth-order valence-corrected chi connectivity index (χ4v) is 3.76. The molecule has 1 fully saturated rings. The Balaban J connectivity index is 1.38. The van der Waals surface area contributed by atoms with Crippen LogP contribution in [0.25, 0.3) is 0 Å². The van der Waals surface area contributed by atoms with Crippen molar-refractivity contribution in [1.29, 1.82) is 0 Å². The van der Waals surface area contributed by atoms with Crippen LogP contribution in [0.3, 0.4) is 0 Å². The number of likely N-dealkylation sites (tertiary alicyclic amines) is 1. The Morgan fingerprint density at radius 3 is 2.71 bits per heavy atom. The average Bonchev–Trinajstić information content (AvgIpc) is 3.28. The van der Waals surface area contributed by atoms with Gasteiger partial charge in [0, 0.05) is 56.9 Å². The molecule has 0 saturated carbocycles. The van der Waals surface area contributed by atoms with Gasteiger partial charge in [0.1, 0.15) is 11.4 Å². The van der Waals surface area contributed by atoms with E-state index < -0.39 is 0 Å². The Bertz CT molecular complexity index is 1090. The van der Waals surface area contributed by atoms with Crippen molar-refractivity contribution in [3.05, 3.63) is 72.2 Å². The van der Waals surface area contributed by atoms with Crippen molar-refractivity contribution in [2.24, 2.45) is 0 Å². The zero-order chi connectivity index (χ0) is 23.6. The number of nitrogens with one attached hydrogen (secondary N) is 3. The number of amides is 2. The molecular weight excluding hydrogens is 430 g/mol. The second-order valence-corrected chi connectivity index (χ2v) is 8.08. The second-order valence-electron chi connectivity index (χ2n) is 8.08. The van der Waals surface area contributed by atoms with Crippen molar-refractivity contribution in [1.82, 2.24) is 25.2 Å². The third-order valence-corrected chi connectivity index (χ3v) is 5.55. The lowest BCUT2D eigenvalue weighted by Gasteiger charge is -2.16. The number of para-hydroxylation sites is 1. The summed E-state index contributed by atoms with van der Waals surface area (Å²) in [6.45, 7) is 2.57. The molecule has 9 heteroatoms. The highest BCUT2D eigenvalue weighted by atomic mass is 16.2. The van der Waals surface area contributed by atoms with Gasteiger partial charge in [-0.1, -0.05) is 24.3 Å². The maximum absolute atomic E-state index is 12.9. The lowest BCUT2D eigenvalue weighted by molar-refractivity contribution is -0.127. The first-order valence-electron chi connectivity index (χ1n) is 11.6. The molecule has 2 amide bonds. The summed E-state index contributed by atoms with van der Waals surface area (Å²) in [4.78, 5) is 39.5. The highest BCUT2D eigenvalue weighted by molar-refractivity contribution is 5.99. The molecule has 1 aliphatic rings. The Morgan fingerprint density at radius 2 is 1.94 bits per heavy atom. The molecule has 34 heavy (non-hydrogen) atoms. The van der Waals surface area contributed by atoms with Gasteiger partial charge < -0.3 is 20.9 Å². The van der Waals surface area contributed by atoms with Crippen molar-refractivity contribution >= 4 is 29.3 Å². The molecule has 3 heterocycles. The van der Waals surface area contributed by atoms with E-state index in [1.54, 1.807) is 6.20 Å². The lowest BCUT2D eigenvalue weighted by Crippen LogP contribution is -2.31. The molecule has 9 nitrogen and oxygen atoms in total. The van der Waals surface area contributed by atoms with Gasteiger partial charge in [-0.15, -0.1) is 0 Å². The first kappa shape index (κ1) is 23.2. The standard InChI is InChI=1S/C25H29N7O2/c33-22-10-5-15-32(22)16-6-13-27-24(34)21-18-29-25(28-14-11-19-7-4-12-26-17-19)31-23(21)30-20-8-2-1-3-9-20/h1-4,7-9,12,17-18H,5-6,10-11,13-16H2,(H,27,34)(H2,28,29,30,31). The predicted octanol–water partition coefficient (Wildman–Crippen LogP) is 3.01. The third-order valence-electron chi connectivity index (χ3n) is 5.55. The van der Waals surface area contributed by atoms with Gasteiger partial charge in [0.05, 0.1) is 0 Å². The van der Waals surface area contributed by atoms with Crippen LogP contribution in [0.2, 0.25) is 0 Å². The average molecular weight is 460 g/mol. The minimum absolute atomic E-state index is 0.195. The van der Waals surface area contributed by atoms with Gasteiger partial charge in [0.25, 0.3) is 5.91 Å². The van der Waals surface area contributed by atoms with E-state index in [-0.39, 0.29) is 11.8 Å². The number of carbonyl (C=O) groups excluding carboxylic acids is 2. The summed E-state index contributed by atoms with van der Waals surface area (Å²) in [5, 5.41) is 9.37. The molecule has 176 valence electrons. The first-order valence-corrected chi connectivity index (χ1v) is 11.6. The minimum Gasteiger partial charge on any atom is -0.354 e. The van der Waals surface area contributed by atoms with Crippen LogP contribution in [0, 0.1) is 0 Å². The molecule has 2 aromatic heterocycles. The number of carbonyl (C=O) groups is 2. The number of anilines is 3. The second kappa shape index (κ2) is 11.7. The summed E-state index contributed by atoms with van der Waals surface area (Å²) in [5.74, 6) is 0.803. The molecule has 0 unspecified atom stereocenters. The summed E-state index contributed by atoms with van der Waals surface area (Å²) in [6.07, 6.45) is 8.13. The third kappa shape index (κ3) is 6.50. The Morgan fingerprint density at radius 1 is 1.06 bits per heavy atom. The molecular formula is C25H29N7O2. The molecule has 0 radical (unpaired) electrons. The van der Waals surface area contributed by atoms with Crippen LogP contribution >= 0.6 is 0 Å². The van der Waals surface area contributed by atoms with Crippen LogP contribution in [0.4, 0.5) is 17.5 Å². The molecule has 0 spiro atoms. The molecule has 3 aromatic rings. The van der Waals surface area contributed by atoms with Crippen LogP contribution in [0.1, 0.15) is 35.2 Å². The van der Waals surface area contributed by atoms with E-state index in [4.69, 9.17) is 0 Å². The summed E-state index contributed by atoms with van der Waals surface area (Å²) >= 11 is 0. The molecule has 1 saturated heterocycles.